The van der Waals surface area contributed by atoms with Crippen molar-refractivity contribution in [2.45, 2.75) is 45.3 Å². The van der Waals surface area contributed by atoms with Gasteiger partial charge < -0.3 is 10.0 Å². The van der Waals surface area contributed by atoms with Gasteiger partial charge in [0.2, 0.25) is 0 Å². The van der Waals surface area contributed by atoms with Crippen LogP contribution in [0.15, 0.2) is 12.4 Å². The van der Waals surface area contributed by atoms with E-state index in [0.29, 0.717) is 30.6 Å². The van der Waals surface area contributed by atoms with E-state index in [1.165, 1.54) is 6.20 Å². The quantitative estimate of drug-likeness (QED) is 0.880. The molecular formula is C15H22N6O2. The maximum Gasteiger partial charge on any atom is 0.257 e. The SMILES string of the molecule is Cc1[nH]ncc1C(=O)N1CCCC(O)(c2cn(C(C)C)nn2)C1. The molecule has 1 aliphatic heterocycles. The Morgan fingerprint density at radius 2 is 2.26 bits per heavy atom. The molecule has 1 fully saturated rings. The number of nitrogens with zero attached hydrogens (tertiary/aromatic N) is 5. The number of carbonyl (C=O) groups is 1. The normalized spacial score (nSPS) is 21.9. The number of H-pyrrole nitrogens is 1. The molecule has 0 spiro atoms. The molecule has 0 aliphatic carbocycles. The third-order valence-electron chi connectivity index (χ3n) is 4.33. The molecule has 1 atom stereocenters. The van der Waals surface area contributed by atoms with Crippen LogP contribution in [0.4, 0.5) is 0 Å². The lowest BCUT2D eigenvalue weighted by Gasteiger charge is -2.37. The Hall–Kier alpha value is -2.22. The van der Waals surface area contributed by atoms with Crippen molar-refractivity contribution >= 4 is 5.91 Å². The molecule has 1 unspecified atom stereocenters. The van der Waals surface area contributed by atoms with Gasteiger partial charge in [0.25, 0.3) is 5.91 Å². The zero-order valence-electron chi connectivity index (χ0n) is 13.7. The summed E-state index contributed by atoms with van der Waals surface area (Å²) >= 11 is 0. The Kier molecular flexibility index (Phi) is 3.93. The molecule has 1 aliphatic rings. The first-order chi connectivity index (χ1) is 10.9. The van der Waals surface area contributed by atoms with Crippen molar-refractivity contribution in [3.05, 3.63) is 29.3 Å². The first-order valence-corrected chi connectivity index (χ1v) is 7.84. The third-order valence-corrected chi connectivity index (χ3v) is 4.33. The van der Waals surface area contributed by atoms with Crippen LogP contribution in [0.3, 0.4) is 0 Å². The molecule has 23 heavy (non-hydrogen) atoms. The minimum Gasteiger partial charge on any atom is -0.382 e. The summed E-state index contributed by atoms with van der Waals surface area (Å²) in [6, 6.07) is 0.176. The highest BCUT2D eigenvalue weighted by molar-refractivity contribution is 5.95. The molecule has 3 heterocycles. The van der Waals surface area contributed by atoms with E-state index in [2.05, 4.69) is 20.5 Å². The van der Waals surface area contributed by atoms with Crippen LogP contribution in [0.5, 0.6) is 0 Å². The Balaban J connectivity index is 1.81. The van der Waals surface area contributed by atoms with Crippen molar-refractivity contribution in [3.63, 3.8) is 0 Å². The zero-order valence-corrected chi connectivity index (χ0v) is 13.7. The number of aromatic nitrogens is 5. The molecule has 124 valence electrons. The van der Waals surface area contributed by atoms with Gasteiger partial charge in [-0.25, -0.2) is 4.68 Å². The van der Waals surface area contributed by atoms with Crippen molar-refractivity contribution < 1.29 is 9.90 Å². The van der Waals surface area contributed by atoms with Crippen molar-refractivity contribution in [1.82, 2.24) is 30.1 Å². The maximum absolute atomic E-state index is 12.6. The number of β-amino-alcohol motifs (C(OH)–C–C–N with tert-alkyl or cyclic N) is 1. The Bertz CT molecular complexity index is 706. The standard InChI is InChI=1S/C15H22N6O2/c1-10(2)21-8-13(18-19-21)15(23)5-4-6-20(9-15)14(22)12-7-16-17-11(12)3/h7-8,10,23H,4-6,9H2,1-3H3,(H,16,17). The first-order valence-electron chi connectivity index (χ1n) is 7.84. The highest BCUT2D eigenvalue weighted by Gasteiger charge is 2.39. The molecule has 0 aromatic carbocycles. The van der Waals surface area contributed by atoms with Crippen molar-refractivity contribution in [3.8, 4) is 0 Å². The number of aliphatic hydroxyl groups is 1. The summed E-state index contributed by atoms with van der Waals surface area (Å²) in [6.07, 6.45) is 4.58. The van der Waals surface area contributed by atoms with Gasteiger partial charge in [0.05, 0.1) is 24.5 Å². The highest BCUT2D eigenvalue weighted by Crippen LogP contribution is 2.31. The van der Waals surface area contributed by atoms with E-state index in [1.54, 1.807) is 15.8 Å². The molecule has 2 aromatic rings. The number of piperidine rings is 1. The lowest BCUT2D eigenvalue weighted by atomic mass is 9.89. The van der Waals surface area contributed by atoms with Gasteiger partial charge in [-0.3, -0.25) is 9.89 Å². The van der Waals surface area contributed by atoms with E-state index in [-0.39, 0.29) is 18.5 Å². The van der Waals surface area contributed by atoms with Crippen LogP contribution in [0.1, 0.15) is 54.5 Å². The lowest BCUT2D eigenvalue weighted by Crippen LogP contribution is -2.48. The van der Waals surface area contributed by atoms with Gasteiger partial charge in [0, 0.05) is 18.3 Å². The molecule has 0 bridgehead atoms. The average Bonchev–Trinajstić information content (AvgIpc) is 3.15. The summed E-state index contributed by atoms with van der Waals surface area (Å²) in [4.78, 5) is 14.3. The fraction of sp³-hybridized carbons (Fsp3) is 0.600. The van der Waals surface area contributed by atoms with E-state index < -0.39 is 5.60 Å². The highest BCUT2D eigenvalue weighted by atomic mass is 16.3. The summed E-state index contributed by atoms with van der Waals surface area (Å²) in [5, 5.41) is 25.8. The lowest BCUT2D eigenvalue weighted by molar-refractivity contribution is -0.0321. The second-order valence-corrected chi connectivity index (χ2v) is 6.45. The van der Waals surface area contributed by atoms with Crippen molar-refractivity contribution in [2.75, 3.05) is 13.1 Å². The fourth-order valence-electron chi connectivity index (χ4n) is 2.90. The van der Waals surface area contributed by atoms with Crippen LogP contribution in [-0.4, -0.2) is 54.2 Å². The minimum atomic E-state index is -1.15. The predicted octanol–water partition coefficient (Wildman–Crippen LogP) is 1.01. The van der Waals surface area contributed by atoms with Gasteiger partial charge in [-0.05, 0) is 33.6 Å². The molecule has 1 amide bonds. The number of amides is 1. The molecule has 0 radical (unpaired) electrons. The average molecular weight is 318 g/mol. The topological polar surface area (TPSA) is 99.9 Å². The van der Waals surface area contributed by atoms with Crippen molar-refractivity contribution in [2.24, 2.45) is 0 Å². The van der Waals surface area contributed by atoms with Gasteiger partial charge in [-0.2, -0.15) is 5.10 Å². The Morgan fingerprint density at radius 1 is 1.48 bits per heavy atom. The third kappa shape index (κ3) is 2.86. The molecule has 1 saturated heterocycles. The number of aryl methyl sites for hydroxylation is 1. The number of rotatable bonds is 3. The van der Waals surface area contributed by atoms with Crippen molar-refractivity contribution in [1.29, 1.82) is 0 Å². The number of carbonyl (C=O) groups excluding carboxylic acids is 1. The predicted molar refractivity (Wildman–Crippen MR) is 82.8 cm³/mol. The van der Waals surface area contributed by atoms with Crippen LogP contribution < -0.4 is 0 Å². The second-order valence-electron chi connectivity index (χ2n) is 6.45. The molecule has 3 rings (SSSR count). The smallest absolute Gasteiger partial charge is 0.257 e. The van der Waals surface area contributed by atoms with E-state index in [0.717, 1.165) is 5.69 Å². The number of aromatic amines is 1. The monoisotopic (exact) mass is 318 g/mol. The van der Waals surface area contributed by atoms with Gasteiger partial charge in [-0.15, -0.1) is 5.10 Å². The van der Waals surface area contributed by atoms with Gasteiger partial charge in [0.15, 0.2) is 0 Å². The molecule has 8 nitrogen and oxygen atoms in total. The summed E-state index contributed by atoms with van der Waals surface area (Å²) in [5.41, 5.74) is 0.640. The van der Waals surface area contributed by atoms with Gasteiger partial charge in [-0.1, -0.05) is 5.21 Å². The molecule has 8 heteroatoms. The molecule has 2 N–H and O–H groups in total. The van der Waals surface area contributed by atoms with Crippen LogP contribution >= 0.6 is 0 Å². The van der Waals surface area contributed by atoms with E-state index >= 15 is 0 Å². The first kappa shape index (κ1) is 15.7. The van der Waals surface area contributed by atoms with E-state index in [1.807, 2.05) is 20.8 Å². The van der Waals surface area contributed by atoms with E-state index in [9.17, 15) is 9.90 Å². The molecular weight excluding hydrogens is 296 g/mol. The Labute approximate surface area is 134 Å². The van der Waals surface area contributed by atoms with Gasteiger partial charge >= 0.3 is 0 Å². The number of nitrogens with one attached hydrogen (secondary N) is 1. The summed E-state index contributed by atoms with van der Waals surface area (Å²) < 4.78 is 1.72. The van der Waals surface area contributed by atoms with Crippen LogP contribution in [0.25, 0.3) is 0 Å². The Morgan fingerprint density at radius 3 is 2.87 bits per heavy atom. The number of hydrogen-bond acceptors (Lipinski definition) is 5. The van der Waals surface area contributed by atoms with Crippen LogP contribution in [0.2, 0.25) is 0 Å². The minimum absolute atomic E-state index is 0.120. The largest absolute Gasteiger partial charge is 0.382 e. The number of hydrogen-bond donors (Lipinski definition) is 2. The molecule has 2 aromatic heterocycles. The van der Waals surface area contributed by atoms with E-state index in [4.69, 9.17) is 0 Å². The second kappa shape index (κ2) is 5.77. The fourth-order valence-corrected chi connectivity index (χ4v) is 2.90. The molecule has 0 saturated carbocycles. The summed E-state index contributed by atoms with van der Waals surface area (Å²) in [6.45, 7) is 6.64. The summed E-state index contributed by atoms with van der Waals surface area (Å²) in [7, 11) is 0. The van der Waals surface area contributed by atoms with Crippen LogP contribution in [-0.2, 0) is 5.60 Å². The number of likely N-dealkylation sites (tertiary alicyclic amines) is 1. The maximum atomic E-state index is 12.6. The summed E-state index contributed by atoms with van der Waals surface area (Å²) in [5.74, 6) is -0.120. The van der Waals surface area contributed by atoms with Gasteiger partial charge in [0.1, 0.15) is 11.3 Å². The zero-order chi connectivity index (χ0) is 16.6. The van der Waals surface area contributed by atoms with Crippen LogP contribution in [0, 0.1) is 6.92 Å².